The van der Waals surface area contributed by atoms with Crippen LogP contribution in [-0.2, 0) is 9.47 Å². The molecule has 0 radical (unpaired) electrons. The molecule has 0 aromatic rings. The Balaban J connectivity index is 3.78. The Hall–Kier alpha value is -0.380. The predicted molar refractivity (Wildman–Crippen MR) is 80.2 cm³/mol. The average Bonchev–Trinajstić information content (AvgIpc) is 2.43. The van der Waals surface area contributed by atoms with E-state index < -0.39 is 0 Å². The SMILES string of the molecule is CCCCCOC(C/C=C/CCO)OCCCCC. The van der Waals surface area contributed by atoms with Crippen molar-refractivity contribution in [3.63, 3.8) is 0 Å². The Bertz CT molecular complexity index is 180. The Morgan fingerprint density at radius 1 is 0.895 bits per heavy atom. The third kappa shape index (κ3) is 13.8. The highest BCUT2D eigenvalue weighted by Gasteiger charge is 2.06. The molecule has 0 bridgehead atoms. The molecule has 1 N–H and O–H groups in total. The second-order valence-electron chi connectivity index (χ2n) is 4.80. The minimum Gasteiger partial charge on any atom is -0.396 e. The van der Waals surface area contributed by atoms with Crippen LogP contribution in [0.4, 0.5) is 0 Å². The van der Waals surface area contributed by atoms with Crippen molar-refractivity contribution in [2.24, 2.45) is 0 Å². The van der Waals surface area contributed by atoms with Crippen LogP contribution in [0.5, 0.6) is 0 Å². The van der Waals surface area contributed by atoms with Crippen LogP contribution >= 0.6 is 0 Å². The standard InChI is InChI=1S/C16H32O3/c1-3-5-10-14-18-16(12-8-7-9-13-17)19-15-11-6-4-2/h7-8,16-17H,3-6,9-15H2,1-2H3/b8-7+. The lowest BCUT2D eigenvalue weighted by molar-refractivity contribution is -0.141. The Kier molecular flexibility index (Phi) is 15.4. The number of hydrogen-bond acceptors (Lipinski definition) is 3. The Morgan fingerprint density at radius 2 is 1.47 bits per heavy atom. The molecule has 0 saturated carbocycles. The third-order valence-corrected chi connectivity index (χ3v) is 2.89. The summed E-state index contributed by atoms with van der Waals surface area (Å²) in [5.41, 5.74) is 0. The van der Waals surface area contributed by atoms with Crippen molar-refractivity contribution in [2.75, 3.05) is 19.8 Å². The molecule has 0 saturated heterocycles. The van der Waals surface area contributed by atoms with E-state index in [2.05, 4.69) is 13.8 Å². The van der Waals surface area contributed by atoms with E-state index in [1.807, 2.05) is 12.2 Å². The molecule has 0 rings (SSSR count). The number of rotatable bonds is 14. The maximum absolute atomic E-state index is 8.72. The molecule has 0 amide bonds. The van der Waals surface area contributed by atoms with Crippen molar-refractivity contribution in [3.05, 3.63) is 12.2 Å². The van der Waals surface area contributed by atoms with Crippen LogP contribution in [0.1, 0.15) is 65.2 Å². The van der Waals surface area contributed by atoms with Gasteiger partial charge in [0.25, 0.3) is 0 Å². The first-order chi connectivity index (χ1) is 9.35. The molecule has 19 heavy (non-hydrogen) atoms. The van der Waals surface area contributed by atoms with Crippen LogP contribution in [0.3, 0.4) is 0 Å². The first-order valence-corrected chi connectivity index (χ1v) is 7.84. The van der Waals surface area contributed by atoms with Crippen LogP contribution in [0.15, 0.2) is 12.2 Å². The maximum atomic E-state index is 8.72. The van der Waals surface area contributed by atoms with Gasteiger partial charge in [0.05, 0.1) is 0 Å². The lowest BCUT2D eigenvalue weighted by Crippen LogP contribution is -2.18. The second-order valence-corrected chi connectivity index (χ2v) is 4.80. The van der Waals surface area contributed by atoms with Crippen molar-refractivity contribution >= 4 is 0 Å². The van der Waals surface area contributed by atoms with E-state index in [0.29, 0.717) is 6.42 Å². The summed E-state index contributed by atoms with van der Waals surface area (Å²) in [5.74, 6) is 0. The number of aliphatic hydroxyl groups is 1. The van der Waals surface area contributed by atoms with Gasteiger partial charge in [-0.05, 0) is 19.3 Å². The fourth-order valence-corrected chi connectivity index (χ4v) is 1.72. The van der Waals surface area contributed by atoms with Crippen LogP contribution < -0.4 is 0 Å². The zero-order chi connectivity index (χ0) is 14.2. The quantitative estimate of drug-likeness (QED) is 0.294. The first-order valence-electron chi connectivity index (χ1n) is 7.84. The van der Waals surface area contributed by atoms with E-state index in [0.717, 1.165) is 32.5 Å². The van der Waals surface area contributed by atoms with Gasteiger partial charge in [-0.2, -0.15) is 0 Å². The van der Waals surface area contributed by atoms with Crippen LogP contribution in [0.2, 0.25) is 0 Å². The highest BCUT2D eigenvalue weighted by Crippen LogP contribution is 2.07. The Labute approximate surface area is 119 Å². The molecular formula is C16H32O3. The summed E-state index contributed by atoms with van der Waals surface area (Å²) in [7, 11) is 0. The predicted octanol–water partition coefficient (Wildman–Crippen LogP) is 4.05. The molecule has 0 aromatic heterocycles. The van der Waals surface area contributed by atoms with E-state index in [1.165, 1.54) is 25.7 Å². The van der Waals surface area contributed by atoms with Crippen LogP contribution in [0.25, 0.3) is 0 Å². The van der Waals surface area contributed by atoms with Gasteiger partial charge in [0, 0.05) is 26.2 Å². The zero-order valence-corrected chi connectivity index (χ0v) is 12.8. The van der Waals surface area contributed by atoms with Gasteiger partial charge < -0.3 is 14.6 Å². The van der Waals surface area contributed by atoms with Crippen LogP contribution in [-0.4, -0.2) is 31.2 Å². The van der Waals surface area contributed by atoms with E-state index in [1.54, 1.807) is 0 Å². The average molecular weight is 272 g/mol. The molecule has 0 aliphatic carbocycles. The van der Waals surface area contributed by atoms with Gasteiger partial charge in [-0.3, -0.25) is 0 Å². The number of hydrogen-bond donors (Lipinski definition) is 1. The number of unbranched alkanes of at least 4 members (excludes halogenated alkanes) is 4. The molecule has 0 fully saturated rings. The van der Waals surface area contributed by atoms with Crippen molar-refractivity contribution in [2.45, 2.75) is 71.5 Å². The summed E-state index contributed by atoms with van der Waals surface area (Å²) in [4.78, 5) is 0. The van der Waals surface area contributed by atoms with Gasteiger partial charge in [0.15, 0.2) is 6.29 Å². The monoisotopic (exact) mass is 272 g/mol. The molecule has 3 heteroatoms. The van der Waals surface area contributed by atoms with Crippen molar-refractivity contribution in [1.82, 2.24) is 0 Å². The van der Waals surface area contributed by atoms with Crippen molar-refractivity contribution in [3.8, 4) is 0 Å². The summed E-state index contributed by atoms with van der Waals surface area (Å²) in [6.45, 7) is 6.14. The topological polar surface area (TPSA) is 38.7 Å². The molecular weight excluding hydrogens is 240 g/mol. The normalized spacial score (nSPS) is 11.8. The van der Waals surface area contributed by atoms with E-state index in [4.69, 9.17) is 14.6 Å². The van der Waals surface area contributed by atoms with E-state index in [-0.39, 0.29) is 12.9 Å². The highest BCUT2D eigenvalue weighted by molar-refractivity contribution is 4.82. The molecule has 0 heterocycles. The molecule has 0 atom stereocenters. The zero-order valence-electron chi connectivity index (χ0n) is 12.8. The molecule has 114 valence electrons. The van der Waals surface area contributed by atoms with E-state index >= 15 is 0 Å². The fraction of sp³-hybridized carbons (Fsp3) is 0.875. The van der Waals surface area contributed by atoms with E-state index in [9.17, 15) is 0 Å². The summed E-state index contributed by atoms with van der Waals surface area (Å²) in [6.07, 6.45) is 12.4. The number of ether oxygens (including phenoxy) is 2. The molecule has 0 unspecified atom stereocenters. The smallest absolute Gasteiger partial charge is 0.160 e. The first kappa shape index (κ1) is 18.6. The van der Waals surface area contributed by atoms with Gasteiger partial charge >= 0.3 is 0 Å². The summed E-state index contributed by atoms with van der Waals surface area (Å²) in [6, 6.07) is 0. The van der Waals surface area contributed by atoms with Crippen LogP contribution in [0, 0.1) is 0 Å². The maximum Gasteiger partial charge on any atom is 0.160 e. The minimum atomic E-state index is -0.122. The molecule has 3 nitrogen and oxygen atoms in total. The second kappa shape index (κ2) is 15.7. The van der Waals surface area contributed by atoms with Gasteiger partial charge in [0.1, 0.15) is 0 Å². The van der Waals surface area contributed by atoms with Crippen molar-refractivity contribution < 1.29 is 14.6 Å². The largest absolute Gasteiger partial charge is 0.396 e. The van der Waals surface area contributed by atoms with Crippen molar-refractivity contribution in [1.29, 1.82) is 0 Å². The molecule has 0 spiro atoms. The van der Waals surface area contributed by atoms with Gasteiger partial charge in [-0.15, -0.1) is 0 Å². The minimum absolute atomic E-state index is 0.122. The van der Waals surface area contributed by atoms with Gasteiger partial charge in [-0.1, -0.05) is 51.7 Å². The molecule has 0 aliphatic rings. The molecule has 0 aromatic carbocycles. The summed E-state index contributed by atoms with van der Waals surface area (Å²) < 4.78 is 11.5. The summed E-state index contributed by atoms with van der Waals surface area (Å²) in [5, 5.41) is 8.72. The van der Waals surface area contributed by atoms with Gasteiger partial charge in [-0.25, -0.2) is 0 Å². The fourth-order valence-electron chi connectivity index (χ4n) is 1.72. The Morgan fingerprint density at radius 3 is 1.95 bits per heavy atom. The number of aliphatic hydroxyl groups excluding tert-OH is 1. The lowest BCUT2D eigenvalue weighted by Gasteiger charge is -2.17. The molecule has 0 aliphatic heterocycles. The highest BCUT2D eigenvalue weighted by atomic mass is 16.7. The summed E-state index contributed by atoms with van der Waals surface area (Å²) >= 11 is 0. The lowest BCUT2D eigenvalue weighted by atomic mass is 10.2. The third-order valence-electron chi connectivity index (χ3n) is 2.89. The van der Waals surface area contributed by atoms with Gasteiger partial charge in [0.2, 0.25) is 0 Å².